The predicted molar refractivity (Wildman–Crippen MR) is 143 cm³/mol. The van der Waals surface area contributed by atoms with Crippen LogP contribution in [0.1, 0.15) is 52.2 Å². The Balaban J connectivity index is 2.57. The van der Waals surface area contributed by atoms with Crippen LogP contribution in [0.5, 0.6) is 0 Å². The monoisotopic (exact) mass is 549 g/mol. The number of rotatable bonds is 11. The van der Waals surface area contributed by atoms with E-state index in [1.54, 1.807) is 45.0 Å². The fourth-order valence-electron chi connectivity index (χ4n) is 3.97. The van der Waals surface area contributed by atoms with Gasteiger partial charge in [0.05, 0.1) is 6.04 Å². The van der Waals surface area contributed by atoms with Gasteiger partial charge >= 0.3 is 18.2 Å². The summed E-state index contributed by atoms with van der Waals surface area (Å²) in [6.45, 7) is 12.8. The van der Waals surface area contributed by atoms with Gasteiger partial charge in [-0.05, 0) is 38.7 Å². The number of carbonyl (C=O) groups is 2. The van der Waals surface area contributed by atoms with Gasteiger partial charge in [-0.1, -0.05) is 86.7 Å². The number of hydrogen-bond donors (Lipinski definition) is 1. The summed E-state index contributed by atoms with van der Waals surface area (Å²) >= 11 is 0. The van der Waals surface area contributed by atoms with Crippen molar-refractivity contribution in [1.82, 2.24) is 5.32 Å². The molecular weight excluding hydrogens is 511 g/mol. The molecule has 0 aliphatic heterocycles. The number of nitrogens with one attached hydrogen (secondary N) is 1. The molecule has 0 aliphatic carbocycles. The molecule has 0 radical (unpaired) electrons. The van der Waals surface area contributed by atoms with E-state index in [9.17, 15) is 22.8 Å². The first-order chi connectivity index (χ1) is 18.1. The van der Waals surface area contributed by atoms with Gasteiger partial charge in [0.1, 0.15) is 11.7 Å². The number of esters is 1. The smallest absolute Gasteiger partial charge is 0.432 e. The molecule has 0 saturated carbocycles. The highest BCUT2D eigenvalue weighted by molar-refractivity contribution is 5.83. The normalized spacial score (nSPS) is 15.1. The van der Waals surface area contributed by atoms with E-state index in [0.717, 1.165) is 24.8 Å². The van der Waals surface area contributed by atoms with Crippen molar-refractivity contribution in [3.8, 4) is 0 Å². The van der Waals surface area contributed by atoms with Gasteiger partial charge < -0.3 is 19.5 Å². The molecule has 0 aliphatic rings. The summed E-state index contributed by atoms with van der Waals surface area (Å²) in [6.07, 6.45) is -7.01. The van der Waals surface area contributed by atoms with Gasteiger partial charge in [-0.25, -0.2) is 9.59 Å². The average molecular weight is 550 g/mol. The molecule has 0 unspecified atom stereocenters. The first kappa shape index (κ1) is 31.9. The minimum Gasteiger partial charge on any atom is -0.457 e. The molecule has 214 valence electrons. The Hall–Kier alpha value is -3.33. The molecule has 1 amide bonds. The summed E-state index contributed by atoms with van der Waals surface area (Å²) < 4.78 is 59.7. The highest BCUT2D eigenvalue weighted by atomic mass is 19.4. The number of amides is 1. The SMILES string of the molecule is C=C(C[C@@H](OC(=O)[C@](OC)(c1ccccc1)C(F)(F)F)[C@H](Cc1ccccc1)NC(=O)OC(C)(C)C)C(C)C. The first-order valence-corrected chi connectivity index (χ1v) is 12.7. The standard InChI is InChI=1S/C30H38F3NO5/c1-20(2)21(3)18-25(24(19-22-14-10-8-11-15-22)34-27(36)39-28(4,5)6)38-26(35)29(37-7,30(31,32)33)23-16-12-9-13-17-23/h8-17,20,24-25H,3,18-19H2,1-2,4-7H3,(H,34,36)/t24-,25+,29+/m0/s1. The molecule has 39 heavy (non-hydrogen) atoms. The van der Waals surface area contributed by atoms with E-state index < -0.39 is 47.2 Å². The van der Waals surface area contributed by atoms with E-state index in [1.807, 2.05) is 19.9 Å². The molecule has 3 atom stereocenters. The lowest BCUT2D eigenvalue weighted by atomic mass is 9.90. The van der Waals surface area contributed by atoms with E-state index >= 15 is 0 Å². The van der Waals surface area contributed by atoms with Gasteiger partial charge in [0.15, 0.2) is 0 Å². The Kier molecular flexibility index (Phi) is 10.8. The zero-order valence-corrected chi connectivity index (χ0v) is 23.3. The van der Waals surface area contributed by atoms with E-state index in [1.165, 1.54) is 18.2 Å². The topological polar surface area (TPSA) is 73.9 Å². The van der Waals surface area contributed by atoms with Gasteiger partial charge in [0.2, 0.25) is 0 Å². The van der Waals surface area contributed by atoms with Crippen LogP contribution in [0.25, 0.3) is 0 Å². The average Bonchev–Trinajstić information content (AvgIpc) is 2.83. The van der Waals surface area contributed by atoms with Crippen molar-refractivity contribution in [2.45, 2.75) is 77.0 Å². The number of benzene rings is 2. The maximum absolute atomic E-state index is 14.6. The molecule has 2 aromatic carbocycles. The first-order valence-electron chi connectivity index (χ1n) is 12.7. The molecule has 0 heterocycles. The molecule has 0 aromatic heterocycles. The largest absolute Gasteiger partial charge is 0.457 e. The predicted octanol–water partition coefficient (Wildman–Crippen LogP) is 6.74. The van der Waals surface area contributed by atoms with Crippen LogP contribution in [0, 0.1) is 5.92 Å². The minimum absolute atomic E-state index is 0.00312. The van der Waals surface area contributed by atoms with Crippen molar-refractivity contribution in [2.24, 2.45) is 5.92 Å². The molecule has 0 fully saturated rings. The van der Waals surface area contributed by atoms with E-state index in [-0.39, 0.29) is 18.8 Å². The van der Waals surface area contributed by atoms with E-state index in [2.05, 4.69) is 11.9 Å². The minimum atomic E-state index is -5.15. The maximum atomic E-state index is 14.6. The van der Waals surface area contributed by atoms with Crippen LogP contribution in [0.3, 0.4) is 0 Å². The molecule has 0 bridgehead atoms. The Morgan fingerprint density at radius 2 is 1.49 bits per heavy atom. The van der Waals surface area contributed by atoms with Gasteiger partial charge in [-0.15, -0.1) is 0 Å². The lowest BCUT2D eigenvalue weighted by molar-refractivity contribution is -0.278. The summed E-state index contributed by atoms with van der Waals surface area (Å²) in [5.74, 6) is -1.71. The fraction of sp³-hybridized carbons (Fsp3) is 0.467. The summed E-state index contributed by atoms with van der Waals surface area (Å²) in [5, 5.41) is 2.72. The number of alkyl carbamates (subject to hydrolysis) is 1. The van der Waals surface area contributed by atoms with Gasteiger partial charge in [0.25, 0.3) is 5.60 Å². The molecule has 1 N–H and O–H groups in total. The molecular formula is C30H38F3NO5. The molecule has 0 saturated heterocycles. The Morgan fingerprint density at radius 3 is 1.95 bits per heavy atom. The van der Waals surface area contributed by atoms with Gasteiger partial charge in [-0.3, -0.25) is 0 Å². The quantitative estimate of drug-likeness (QED) is 0.248. The Morgan fingerprint density at radius 1 is 0.949 bits per heavy atom. The van der Waals surface area contributed by atoms with Crippen LogP contribution < -0.4 is 5.32 Å². The summed E-state index contributed by atoms with van der Waals surface area (Å²) in [4.78, 5) is 26.3. The molecule has 2 aromatic rings. The molecule has 9 heteroatoms. The number of alkyl halides is 3. The van der Waals surface area contributed by atoms with Crippen LogP contribution in [0.15, 0.2) is 72.8 Å². The highest BCUT2D eigenvalue weighted by Crippen LogP contribution is 2.43. The maximum Gasteiger partial charge on any atom is 0.432 e. The Bertz CT molecular complexity index is 1100. The fourth-order valence-corrected chi connectivity index (χ4v) is 3.97. The van der Waals surface area contributed by atoms with E-state index in [4.69, 9.17) is 14.2 Å². The van der Waals surface area contributed by atoms with Crippen molar-refractivity contribution in [1.29, 1.82) is 0 Å². The van der Waals surface area contributed by atoms with Gasteiger partial charge in [-0.2, -0.15) is 13.2 Å². The van der Waals surface area contributed by atoms with Gasteiger partial charge in [0, 0.05) is 19.1 Å². The lowest BCUT2D eigenvalue weighted by Crippen LogP contribution is -2.55. The zero-order valence-electron chi connectivity index (χ0n) is 23.3. The number of halogens is 3. The van der Waals surface area contributed by atoms with Crippen LogP contribution in [-0.4, -0.2) is 43.1 Å². The van der Waals surface area contributed by atoms with Crippen LogP contribution >= 0.6 is 0 Å². The van der Waals surface area contributed by atoms with Crippen LogP contribution in [0.2, 0.25) is 0 Å². The molecule has 2 rings (SSSR count). The second kappa shape index (κ2) is 13.2. The summed E-state index contributed by atoms with van der Waals surface area (Å²) in [5.41, 5.74) is -3.23. The number of carbonyl (C=O) groups excluding carboxylic acids is 2. The van der Waals surface area contributed by atoms with E-state index in [0.29, 0.717) is 5.57 Å². The lowest BCUT2D eigenvalue weighted by Gasteiger charge is -2.36. The number of hydrogen-bond acceptors (Lipinski definition) is 5. The summed E-state index contributed by atoms with van der Waals surface area (Å²) in [7, 11) is 0.810. The third-order valence-corrected chi connectivity index (χ3v) is 6.16. The van der Waals surface area contributed by atoms with Crippen molar-refractivity contribution >= 4 is 12.1 Å². The van der Waals surface area contributed by atoms with Crippen molar-refractivity contribution in [3.63, 3.8) is 0 Å². The summed E-state index contributed by atoms with van der Waals surface area (Å²) in [6, 6.07) is 14.7. The third kappa shape index (κ3) is 8.58. The third-order valence-electron chi connectivity index (χ3n) is 6.16. The Labute approximate surface area is 228 Å². The second-order valence-electron chi connectivity index (χ2n) is 10.7. The second-order valence-corrected chi connectivity index (χ2v) is 10.7. The van der Waals surface area contributed by atoms with Crippen molar-refractivity contribution < 1.29 is 37.0 Å². The zero-order chi connectivity index (χ0) is 29.4. The molecule has 6 nitrogen and oxygen atoms in total. The number of methoxy groups -OCH3 is 1. The highest BCUT2D eigenvalue weighted by Gasteiger charge is 2.64. The molecule has 0 spiro atoms. The van der Waals surface area contributed by atoms with Crippen molar-refractivity contribution in [2.75, 3.05) is 7.11 Å². The van der Waals surface area contributed by atoms with Crippen molar-refractivity contribution in [3.05, 3.63) is 83.9 Å². The number of ether oxygens (including phenoxy) is 3. The van der Waals surface area contributed by atoms with Crippen LogP contribution in [-0.2, 0) is 31.0 Å². The van der Waals surface area contributed by atoms with Crippen LogP contribution in [0.4, 0.5) is 18.0 Å².